The summed E-state index contributed by atoms with van der Waals surface area (Å²) >= 11 is 0. The first-order chi connectivity index (χ1) is 9.70. The second-order valence-electron chi connectivity index (χ2n) is 4.47. The summed E-state index contributed by atoms with van der Waals surface area (Å²) in [6.45, 7) is 4.33. The van der Waals surface area contributed by atoms with Crippen LogP contribution in [0.4, 0.5) is 0 Å². The van der Waals surface area contributed by atoms with Crippen molar-refractivity contribution >= 4 is 0 Å². The predicted molar refractivity (Wildman–Crippen MR) is 78.4 cm³/mol. The molecule has 0 saturated heterocycles. The largest absolute Gasteiger partial charge is 0.496 e. The Bertz CT molecular complexity index is 382. The molecule has 0 saturated carbocycles. The first kappa shape index (κ1) is 16.8. The first-order valence-electron chi connectivity index (χ1n) is 6.82. The van der Waals surface area contributed by atoms with Gasteiger partial charge in [0.1, 0.15) is 18.1 Å². The predicted octanol–water partition coefficient (Wildman–Crippen LogP) is 2.15. The van der Waals surface area contributed by atoms with E-state index < -0.39 is 0 Å². The van der Waals surface area contributed by atoms with Crippen LogP contribution in [-0.2, 0) is 9.47 Å². The maximum atomic E-state index is 5.97. The third kappa shape index (κ3) is 5.36. The molecule has 1 aromatic rings. The standard InChI is InChI=1S/C15H25NO4/c1-12(16)15-13(18-3)6-4-7-14(15)20-11-10-19-9-5-8-17-2/h4,6-7,12H,5,8-11,16H2,1-3H3/t12-/m1/s1. The average Bonchev–Trinajstić information content (AvgIpc) is 2.45. The lowest BCUT2D eigenvalue weighted by molar-refractivity contribution is 0.0803. The van der Waals surface area contributed by atoms with Crippen molar-refractivity contribution in [1.29, 1.82) is 0 Å². The molecular formula is C15H25NO4. The molecule has 20 heavy (non-hydrogen) atoms. The van der Waals surface area contributed by atoms with Crippen molar-refractivity contribution in [2.75, 3.05) is 40.6 Å². The van der Waals surface area contributed by atoms with Gasteiger partial charge >= 0.3 is 0 Å². The van der Waals surface area contributed by atoms with Crippen LogP contribution in [0.2, 0.25) is 0 Å². The molecule has 0 bridgehead atoms. The Morgan fingerprint density at radius 3 is 2.45 bits per heavy atom. The smallest absolute Gasteiger partial charge is 0.127 e. The van der Waals surface area contributed by atoms with Gasteiger partial charge in [-0.05, 0) is 25.5 Å². The van der Waals surface area contributed by atoms with Gasteiger partial charge in [-0.15, -0.1) is 0 Å². The molecule has 114 valence electrons. The molecule has 0 aromatic heterocycles. The van der Waals surface area contributed by atoms with Gasteiger partial charge in [0.05, 0.1) is 19.3 Å². The zero-order chi connectivity index (χ0) is 14.8. The van der Waals surface area contributed by atoms with E-state index in [1.54, 1.807) is 14.2 Å². The van der Waals surface area contributed by atoms with Gasteiger partial charge in [-0.25, -0.2) is 0 Å². The van der Waals surface area contributed by atoms with E-state index in [4.69, 9.17) is 24.7 Å². The number of benzene rings is 1. The van der Waals surface area contributed by atoms with Crippen LogP contribution >= 0.6 is 0 Å². The van der Waals surface area contributed by atoms with Crippen molar-refractivity contribution in [3.05, 3.63) is 23.8 Å². The van der Waals surface area contributed by atoms with E-state index in [2.05, 4.69) is 0 Å². The minimum absolute atomic E-state index is 0.149. The maximum absolute atomic E-state index is 5.97. The molecule has 2 N–H and O–H groups in total. The number of ether oxygens (including phenoxy) is 4. The highest BCUT2D eigenvalue weighted by molar-refractivity contribution is 5.46. The Labute approximate surface area is 121 Å². The maximum Gasteiger partial charge on any atom is 0.127 e. The number of rotatable bonds is 10. The summed E-state index contributed by atoms with van der Waals surface area (Å²) in [6.07, 6.45) is 0.890. The quantitative estimate of drug-likeness (QED) is 0.667. The molecule has 5 nitrogen and oxygen atoms in total. The van der Waals surface area contributed by atoms with E-state index in [0.717, 1.165) is 23.5 Å². The van der Waals surface area contributed by atoms with Crippen LogP contribution in [-0.4, -0.2) is 40.6 Å². The van der Waals surface area contributed by atoms with E-state index in [1.165, 1.54) is 0 Å². The third-order valence-electron chi connectivity index (χ3n) is 2.82. The van der Waals surface area contributed by atoms with Gasteiger partial charge in [-0.1, -0.05) is 6.07 Å². The zero-order valence-corrected chi connectivity index (χ0v) is 12.6. The van der Waals surface area contributed by atoms with Crippen LogP contribution in [0.25, 0.3) is 0 Å². The molecule has 0 aliphatic heterocycles. The molecule has 1 atom stereocenters. The minimum atomic E-state index is -0.149. The SMILES string of the molecule is COCCCOCCOc1cccc(OC)c1[C@@H](C)N. The van der Waals surface area contributed by atoms with E-state index in [-0.39, 0.29) is 6.04 Å². The van der Waals surface area contributed by atoms with E-state index in [9.17, 15) is 0 Å². The van der Waals surface area contributed by atoms with E-state index >= 15 is 0 Å². The molecule has 1 aromatic carbocycles. The van der Waals surface area contributed by atoms with Gasteiger partial charge in [0.2, 0.25) is 0 Å². The molecule has 1 rings (SSSR count). The Hall–Kier alpha value is -1.30. The highest BCUT2D eigenvalue weighted by atomic mass is 16.5. The molecule has 0 aliphatic carbocycles. The average molecular weight is 283 g/mol. The summed E-state index contributed by atoms with van der Waals surface area (Å²) in [5.74, 6) is 1.50. The summed E-state index contributed by atoms with van der Waals surface area (Å²) in [5, 5.41) is 0. The highest BCUT2D eigenvalue weighted by Gasteiger charge is 2.13. The lowest BCUT2D eigenvalue weighted by Crippen LogP contribution is -2.13. The number of nitrogens with two attached hydrogens (primary N) is 1. The van der Waals surface area contributed by atoms with Gasteiger partial charge in [-0.2, -0.15) is 0 Å². The van der Waals surface area contributed by atoms with E-state index in [0.29, 0.717) is 26.4 Å². The van der Waals surface area contributed by atoms with Gasteiger partial charge in [0, 0.05) is 26.4 Å². The Morgan fingerprint density at radius 1 is 1.05 bits per heavy atom. The number of methoxy groups -OCH3 is 2. The lowest BCUT2D eigenvalue weighted by Gasteiger charge is -2.17. The molecule has 0 amide bonds. The highest BCUT2D eigenvalue weighted by Crippen LogP contribution is 2.32. The van der Waals surface area contributed by atoms with Gasteiger partial charge < -0.3 is 24.7 Å². The van der Waals surface area contributed by atoms with Crippen molar-refractivity contribution in [2.45, 2.75) is 19.4 Å². The van der Waals surface area contributed by atoms with Crippen LogP contribution in [0.5, 0.6) is 11.5 Å². The molecule has 0 spiro atoms. The second kappa shape index (κ2) is 9.58. The molecular weight excluding hydrogens is 258 g/mol. The molecule has 5 heteroatoms. The number of hydrogen-bond donors (Lipinski definition) is 1. The third-order valence-corrected chi connectivity index (χ3v) is 2.82. The minimum Gasteiger partial charge on any atom is -0.496 e. The van der Waals surface area contributed by atoms with Crippen LogP contribution in [0, 0.1) is 0 Å². The summed E-state index contributed by atoms with van der Waals surface area (Å²) < 4.78 is 21.4. The van der Waals surface area contributed by atoms with Gasteiger partial charge in [0.25, 0.3) is 0 Å². The van der Waals surface area contributed by atoms with Crippen LogP contribution in [0.3, 0.4) is 0 Å². The van der Waals surface area contributed by atoms with Crippen LogP contribution in [0.1, 0.15) is 24.9 Å². The lowest BCUT2D eigenvalue weighted by atomic mass is 10.1. The normalized spacial score (nSPS) is 12.2. The van der Waals surface area contributed by atoms with Crippen molar-refractivity contribution in [3.63, 3.8) is 0 Å². The first-order valence-corrected chi connectivity index (χ1v) is 6.82. The number of hydrogen-bond acceptors (Lipinski definition) is 5. The fraction of sp³-hybridized carbons (Fsp3) is 0.600. The topological polar surface area (TPSA) is 62.9 Å². The summed E-state index contributed by atoms with van der Waals surface area (Å²) in [4.78, 5) is 0. The zero-order valence-electron chi connectivity index (χ0n) is 12.6. The fourth-order valence-electron chi connectivity index (χ4n) is 1.89. The van der Waals surface area contributed by atoms with E-state index in [1.807, 2.05) is 25.1 Å². The van der Waals surface area contributed by atoms with Crippen molar-refractivity contribution < 1.29 is 18.9 Å². The van der Waals surface area contributed by atoms with Gasteiger partial charge in [0.15, 0.2) is 0 Å². The van der Waals surface area contributed by atoms with Crippen molar-refractivity contribution in [1.82, 2.24) is 0 Å². The monoisotopic (exact) mass is 283 g/mol. The Balaban J connectivity index is 2.43. The Morgan fingerprint density at radius 2 is 1.80 bits per heavy atom. The molecule has 0 heterocycles. The second-order valence-corrected chi connectivity index (χ2v) is 4.47. The summed E-state index contributed by atoms with van der Waals surface area (Å²) in [5.41, 5.74) is 6.85. The molecule has 0 aliphatic rings. The van der Waals surface area contributed by atoms with Gasteiger partial charge in [-0.3, -0.25) is 0 Å². The fourth-order valence-corrected chi connectivity index (χ4v) is 1.89. The summed E-state index contributed by atoms with van der Waals surface area (Å²) in [6, 6.07) is 5.52. The van der Waals surface area contributed by atoms with Crippen molar-refractivity contribution in [2.24, 2.45) is 5.73 Å². The van der Waals surface area contributed by atoms with Crippen molar-refractivity contribution in [3.8, 4) is 11.5 Å². The van der Waals surface area contributed by atoms with Crippen LogP contribution in [0.15, 0.2) is 18.2 Å². The molecule has 0 unspecified atom stereocenters. The summed E-state index contributed by atoms with van der Waals surface area (Å²) in [7, 11) is 3.31. The Kier molecular flexibility index (Phi) is 8.02. The molecule has 0 radical (unpaired) electrons. The molecule has 0 fully saturated rings. The van der Waals surface area contributed by atoms with Crippen LogP contribution < -0.4 is 15.2 Å².